The van der Waals surface area contributed by atoms with Crippen LogP contribution in [0.5, 0.6) is 0 Å². The zero-order valence-corrected chi connectivity index (χ0v) is 11.9. The molecule has 0 bridgehead atoms. The van der Waals surface area contributed by atoms with Gasteiger partial charge >= 0.3 is 0 Å². The molecule has 3 rings (SSSR count). The minimum absolute atomic E-state index is 0.341. The van der Waals surface area contributed by atoms with Crippen LogP contribution in [0.25, 0.3) is 0 Å². The van der Waals surface area contributed by atoms with E-state index in [4.69, 9.17) is 17.3 Å². The van der Waals surface area contributed by atoms with Crippen molar-refractivity contribution in [3.8, 4) is 0 Å². The Morgan fingerprint density at radius 3 is 2.85 bits per heavy atom. The van der Waals surface area contributed by atoms with E-state index in [1.165, 1.54) is 11.8 Å². The van der Waals surface area contributed by atoms with Crippen molar-refractivity contribution in [2.24, 2.45) is 0 Å². The molecule has 3 nitrogen and oxygen atoms in total. The third-order valence-electron chi connectivity index (χ3n) is 4.03. The number of nitrogens with two attached hydrogens (primary N) is 1. The van der Waals surface area contributed by atoms with Crippen molar-refractivity contribution >= 4 is 17.4 Å². The van der Waals surface area contributed by atoms with Gasteiger partial charge in [0.05, 0.1) is 5.02 Å². The lowest BCUT2D eigenvalue weighted by Crippen LogP contribution is -2.29. The lowest BCUT2D eigenvalue weighted by molar-refractivity contribution is 0.0709. The molecule has 0 aliphatic heterocycles. The topological polar surface area (TPSA) is 59.1 Å². The van der Waals surface area contributed by atoms with Gasteiger partial charge in [-0.2, -0.15) is 0 Å². The third-order valence-corrected chi connectivity index (χ3v) is 4.24. The van der Waals surface area contributed by atoms with Crippen LogP contribution in [0.3, 0.4) is 0 Å². The number of nitrogen functional groups attached to an aromatic ring is 1. The molecular formula is C16H17ClN2O. The molecule has 0 fully saturated rings. The number of nitrogens with zero attached hydrogens (tertiary/aromatic N) is 1. The summed E-state index contributed by atoms with van der Waals surface area (Å²) in [6, 6.07) is 9.72. The van der Waals surface area contributed by atoms with Gasteiger partial charge in [0.15, 0.2) is 0 Å². The highest BCUT2D eigenvalue weighted by molar-refractivity contribution is 6.30. The molecule has 1 atom stereocenters. The summed E-state index contributed by atoms with van der Waals surface area (Å²) in [5.41, 5.74) is 7.59. The molecule has 0 saturated carbocycles. The summed E-state index contributed by atoms with van der Waals surface area (Å²) in [6.45, 7) is 0. The number of hydrogen-bond acceptors (Lipinski definition) is 3. The summed E-state index contributed by atoms with van der Waals surface area (Å²) in [5, 5.41) is 11.8. The Balaban J connectivity index is 2.22. The highest BCUT2D eigenvalue weighted by Crippen LogP contribution is 2.41. The number of aryl methyl sites for hydroxylation is 1. The van der Waals surface area contributed by atoms with E-state index in [-0.39, 0.29) is 0 Å². The summed E-state index contributed by atoms with van der Waals surface area (Å²) >= 11 is 6.04. The molecule has 0 spiro atoms. The Hall–Kier alpha value is -1.58. The number of aromatic nitrogens is 1. The number of rotatable bonds is 1. The summed E-state index contributed by atoms with van der Waals surface area (Å²) in [6.07, 6.45) is 5.12. The largest absolute Gasteiger partial charge is 0.383 e. The second-order valence-electron chi connectivity index (χ2n) is 5.31. The average Bonchev–Trinajstić information content (AvgIpc) is 2.62. The van der Waals surface area contributed by atoms with Crippen LogP contribution in [0.1, 0.15) is 36.0 Å². The highest BCUT2D eigenvalue weighted by atomic mass is 35.5. The number of halogens is 1. The number of benzene rings is 1. The quantitative estimate of drug-likeness (QED) is 0.792. The van der Waals surface area contributed by atoms with E-state index >= 15 is 0 Å². The molecule has 1 aromatic carbocycles. The van der Waals surface area contributed by atoms with Crippen LogP contribution in [0.15, 0.2) is 36.5 Å². The van der Waals surface area contributed by atoms with E-state index in [2.05, 4.69) is 11.1 Å². The zero-order valence-electron chi connectivity index (χ0n) is 11.1. The normalized spacial score (nSPS) is 22.1. The van der Waals surface area contributed by atoms with E-state index in [0.29, 0.717) is 22.8 Å². The van der Waals surface area contributed by atoms with Gasteiger partial charge in [-0.3, -0.25) is 0 Å². The van der Waals surface area contributed by atoms with Crippen LogP contribution >= 0.6 is 11.6 Å². The van der Waals surface area contributed by atoms with Gasteiger partial charge in [-0.25, -0.2) is 4.98 Å². The highest BCUT2D eigenvalue weighted by Gasteiger charge is 2.36. The van der Waals surface area contributed by atoms with Crippen molar-refractivity contribution in [3.05, 3.63) is 58.2 Å². The predicted octanol–water partition coefficient (Wildman–Crippen LogP) is 3.28. The van der Waals surface area contributed by atoms with Crippen molar-refractivity contribution in [3.63, 3.8) is 0 Å². The minimum Gasteiger partial charge on any atom is -0.383 e. The molecule has 1 heterocycles. The van der Waals surface area contributed by atoms with E-state index in [0.717, 1.165) is 24.8 Å². The molecular weight excluding hydrogens is 272 g/mol. The van der Waals surface area contributed by atoms with Gasteiger partial charge in [0.1, 0.15) is 11.4 Å². The maximum absolute atomic E-state index is 11.3. The fraction of sp³-hybridized carbons (Fsp3) is 0.312. The fourth-order valence-electron chi connectivity index (χ4n) is 3.03. The molecule has 1 aromatic heterocycles. The van der Waals surface area contributed by atoms with Gasteiger partial charge in [-0.1, -0.05) is 35.9 Å². The van der Waals surface area contributed by atoms with Gasteiger partial charge in [0.2, 0.25) is 0 Å². The summed E-state index contributed by atoms with van der Waals surface area (Å²) in [4.78, 5) is 4.09. The second kappa shape index (κ2) is 5.08. The first kappa shape index (κ1) is 13.4. The van der Waals surface area contributed by atoms with Crippen molar-refractivity contribution in [2.75, 3.05) is 5.73 Å². The summed E-state index contributed by atoms with van der Waals surface area (Å²) in [7, 11) is 0. The van der Waals surface area contributed by atoms with Crippen LogP contribution in [-0.4, -0.2) is 10.1 Å². The second-order valence-corrected chi connectivity index (χ2v) is 5.75. The average molecular weight is 289 g/mol. The lowest BCUT2D eigenvalue weighted by atomic mass is 9.82. The number of anilines is 1. The number of pyridine rings is 1. The van der Waals surface area contributed by atoms with Crippen LogP contribution in [-0.2, 0) is 12.0 Å². The molecule has 0 saturated heterocycles. The Bertz CT molecular complexity index is 644. The van der Waals surface area contributed by atoms with Gasteiger partial charge in [-0.05, 0) is 42.9 Å². The number of aliphatic hydroxyl groups is 1. The van der Waals surface area contributed by atoms with Crippen LogP contribution in [0.2, 0.25) is 5.02 Å². The van der Waals surface area contributed by atoms with E-state index in [1.807, 2.05) is 18.2 Å². The first-order valence-corrected chi connectivity index (χ1v) is 7.21. The smallest absolute Gasteiger partial charge is 0.129 e. The maximum atomic E-state index is 11.3. The minimum atomic E-state index is -1.10. The lowest BCUT2D eigenvalue weighted by Gasteiger charge is -2.30. The van der Waals surface area contributed by atoms with Gasteiger partial charge < -0.3 is 10.8 Å². The first-order chi connectivity index (χ1) is 9.61. The van der Waals surface area contributed by atoms with Gasteiger partial charge in [-0.15, -0.1) is 0 Å². The number of fused-ring (bicyclic) bond motifs is 1. The third kappa shape index (κ3) is 2.17. The van der Waals surface area contributed by atoms with E-state index in [9.17, 15) is 5.11 Å². The van der Waals surface area contributed by atoms with Crippen molar-refractivity contribution in [2.45, 2.75) is 31.3 Å². The predicted molar refractivity (Wildman–Crippen MR) is 80.7 cm³/mol. The fourth-order valence-corrected chi connectivity index (χ4v) is 3.19. The Labute approximate surface area is 123 Å². The molecule has 0 radical (unpaired) electrons. The summed E-state index contributed by atoms with van der Waals surface area (Å²) < 4.78 is 0. The molecule has 1 unspecified atom stereocenters. The molecule has 2 aromatic rings. The van der Waals surface area contributed by atoms with Gasteiger partial charge in [0.25, 0.3) is 0 Å². The molecule has 1 aliphatic carbocycles. The molecule has 104 valence electrons. The van der Waals surface area contributed by atoms with Crippen LogP contribution in [0, 0.1) is 0 Å². The maximum Gasteiger partial charge on any atom is 0.129 e. The van der Waals surface area contributed by atoms with Crippen molar-refractivity contribution in [1.82, 2.24) is 4.98 Å². The Kier molecular flexibility index (Phi) is 3.40. The molecule has 3 N–H and O–H groups in total. The van der Waals surface area contributed by atoms with Crippen molar-refractivity contribution in [1.29, 1.82) is 0 Å². The Morgan fingerprint density at radius 1 is 1.20 bits per heavy atom. The molecule has 1 aliphatic rings. The monoisotopic (exact) mass is 288 g/mol. The van der Waals surface area contributed by atoms with Crippen LogP contribution in [0.4, 0.5) is 5.82 Å². The Morgan fingerprint density at radius 2 is 2.00 bits per heavy atom. The molecule has 20 heavy (non-hydrogen) atoms. The van der Waals surface area contributed by atoms with Crippen molar-refractivity contribution < 1.29 is 5.11 Å². The molecule has 4 heteroatoms. The van der Waals surface area contributed by atoms with Gasteiger partial charge in [0, 0.05) is 11.8 Å². The molecule has 0 amide bonds. The van der Waals surface area contributed by atoms with E-state index < -0.39 is 5.60 Å². The SMILES string of the molecule is Nc1ncc(Cl)cc1C1(O)CCCCc2ccccc21. The van der Waals surface area contributed by atoms with E-state index in [1.54, 1.807) is 6.07 Å². The van der Waals surface area contributed by atoms with Crippen LogP contribution < -0.4 is 5.73 Å². The zero-order chi connectivity index (χ0) is 14.2. The first-order valence-electron chi connectivity index (χ1n) is 6.83. The standard InChI is InChI=1S/C16H17ClN2O/c17-12-9-14(15(18)19-10-12)16(20)8-4-3-6-11-5-1-2-7-13(11)16/h1-2,5,7,9-10,20H,3-4,6,8H2,(H2,18,19). The number of hydrogen-bond donors (Lipinski definition) is 2. The summed E-state index contributed by atoms with van der Waals surface area (Å²) in [5.74, 6) is 0.341.